The summed E-state index contributed by atoms with van der Waals surface area (Å²) in [6.07, 6.45) is -3.62. The van der Waals surface area contributed by atoms with Gasteiger partial charge >= 0.3 is 12.2 Å². The van der Waals surface area contributed by atoms with Gasteiger partial charge in [-0.1, -0.05) is 23.8 Å². The summed E-state index contributed by atoms with van der Waals surface area (Å²) in [5.41, 5.74) is 1.62. The molecule has 1 aromatic heterocycles. The van der Waals surface area contributed by atoms with Crippen LogP contribution in [0.3, 0.4) is 0 Å². The minimum atomic E-state index is -4.60. The second kappa shape index (κ2) is 6.31. The molecule has 0 aliphatic heterocycles. The van der Waals surface area contributed by atoms with Crippen LogP contribution in [-0.4, -0.2) is 15.8 Å². The maximum atomic E-state index is 12.9. The Hall–Kier alpha value is -2.51. The number of halogens is 3. The topological polar surface area (TPSA) is 59.0 Å². The highest BCUT2D eigenvalue weighted by Gasteiger charge is 2.37. The summed E-state index contributed by atoms with van der Waals surface area (Å²) in [5, 5.41) is 8.26. The van der Waals surface area contributed by atoms with Crippen molar-refractivity contribution in [2.45, 2.75) is 26.6 Å². The van der Waals surface area contributed by atoms with Gasteiger partial charge in [0, 0.05) is 13.6 Å². The van der Waals surface area contributed by atoms with Gasteiger partial charge in [0.15, 0.2) is 5.69 Å². The Bertz CT molecular complexity index is 722. The smallest absolute Gasteiger partial charge is 0.334 e. The molecule has 8 heteroatoms. The Kier molecular flexibility index (Phi) is 4.63. The first-order chi connectivity index (χ1) is 10.7. The molecule has 0 aliphatic rings. The van der Waals surface area contributed by atoms with Crippen molar-refractivity contribution in [2.24, 2.45) is 7.05 Å². The lowest BCUT2D eigenvalue weighted by molar-refractivity contribution is -0.143. The maximum Gasteiger partial charge on any atom is 0.435 e. The average Bonchev–Trinajstić information content (AvgIpc) is 2.78. The fourth-order valence-electron chi connectivity index (χ4n) is 2.25. The quantitative estimate of drug-likeness (QED) is 0.908. The minimum absolute atomic E-state index is 0.222. The second-order valence-corrected chi connectivity index (χ2v) is 5.27. The molecule has 2 rings (SSSR count). The number of nitrogens with zero attached hydrogens (tertiary/aromatic N) is 2. The van der Waals surface area contributed by atoms with E-state index in [-0.39, 0.29) is 12.2 Å². The molecule has 0 radical (unpaired) electrons. The van der Waals surface area contributed by atoms with Crippen LogP contribution in [-0.2, 0) is 19.8 Å². The van der Waals surface area contributed by atoms with Crippen LogP contribution < -0.4 is 10.6 Å². The zero-order valence-corrected chi connectivity index (χ0v) is 13.0. The minimum Gasteiger partial charge on any atom is -0.334 e. The molecule has 0 unspecified atom stereocenters. The van der Waals surface area contributed by atoms with Crippen LogP contribution in [0.25, 0.3) is 0 Å². The molecule has 0 atom stereocenters. The molecule has 0 fully saturated rings. The molecule has 0 aliphatic carbocycles. The summed E-state index contributed by atoms with van der Waals surface area (Å²) in [4.78, 5) is 11.8. The van der Waals surface area contributed by atoms with Crippen LogP contribution in [0.2, 0.25) is 0 Å². The molecule has 1 aromatic carbocycles. The number of carbonyl (C=O) groups is 1. The number of hydrogen-bond donors (Lipinski definition) is 2. The monoisotopic (exact) mass is 326 g/mol. The van der Waals surface area contributed by atoms with E-state index >= 15 is 0 Å². The van der Waals surface area contributed by atoms with E-state index in [4.69, 9.17) is 0 Å². The van der Waals surface area contributed by atoms with Crippen molar-refractivity contribution < 1.29 is 18.0 Å². The van der Waals surface area contributed by atoms with E-state index in [1.807, 2.05) is 32.0 Å². The summed E-state index contributed by atoms with van der Waals surface area (Å²) in [7, 11) is 1.17. The van der Waals surface area contributed by atoms with Crippen molar-refractivity contribution in [3.63, 3.8) is 0 Å². The Morgan fingerprint density at radius 1 is 1.30 bits per heavy atom. The third-order valence-corrected chi connectivity index (χ3v) is 3.39. The first-order valence-electron chi connectivity index (χ1n) is 6.88. The van der Waals surface area contributed by atoms with Crippen LogP contribution in [0.4, 0.5) is 23.7 Å². The van der Waals surface area contributed by atoms with Gasteiger partial charge in [-0.05, 0) is 25.0 Å². The molecule has 124 valence electrons. The zero-order chi connectivity index (χ0) is 17.2. The van der Waals surface area contributed by atoms with E-state index < -0.39 is 17.9 Å². The number of anilines is 1. The third-order valence-electron chi connectivity index (χ3n) is 3.39. The van der Waals surface area contributed by atoms with E-state index in [1.165, 1.54) is 7.05 Å². The number of nitrogens with one attached hydrogen (secondary N) is 2. The molecule has 2 amide bonds. The highest BCUT2D eigenvalue weighted by atomic mass is 19.4. The van der Waals surface area contributed by atoms with Gasteiger partial charge < -0.3 is 10.6 Å². The lowest BCUT2D eigenvalue weighted by atomic mass is 10.1. The average molecular weight is 326 g/mol. The fourth-order valence-corrected chi connectivity index (χ4v) is 2.25. The molecule has 0 spiro atoms. The molecule has 0 saturated heterocycles. The number of amides is 2. The Labute approximate surface area is 131 Å². The van der Waals surface area contributed by atoms with Crippen LogP contribution in [0, 0.1) is 13.8 Å². The van der Waals surface area contributed by atoms with E-state index in [9.17, 15) is 18.0 Å². The molecule has 23 heavy (non-hydrogen) atoms. The SMILES string of the molecule is Cc1ccc(CNC(=O)Nc2cnn(C)c2C(F)(F)F)c(C)c1. The van der Waals surface area contributed by atoms with Gasteiger partial charge in [0.25, 0.3) is 0 Å². The highest BCUT2D eigenvalue weighted by molar-refractivity contribution is 5.89. The normalized spacial score (nSPS) is 11.4. The second-order valence-electron chi connectivity index (χ2n) is 5.27. The number of urea groups is 1. The molecule has 5 nitrogen and oxygen atoms in total. The molecule has 2 aromatic rings. The summed E-state index contributed by atoms with van der Waals surface area (Å²) in [6, 6.07) is 5.03. The van der Waals surface area contributed by atoms with Crippen LogP contribution in [0.5, 0.6) is 0 Å². The van der Waals surface area contributed by atoms with E-state index in [0.717, 1.165) is 22.9 Å². The number of rotatable bonds is 3. The number of benzene rings is 1. The first kappa shape index (κ1) is 16.9. The van der Waals surface area contributed by atoms with Gasteiger partial charge in [-0.15, -0.1) is 0 Å². The number of aryl methyl sites for hydroxylation is 3. The standard InChI is InChI=1S/C15H17F3N4O/c1-9-4-5-11(10(2)6-9)7-19-14(23)21-12-8-20-22(3)13(12)15(16,17)18/h4-6,8H,7H2,1-3H3,(H2,19,21,23). The number of carbonyl (C=O) groups excluding carboxylic acids is 1. The highest BCUT2D eigenvalue weighted by Crippen LogP contribution is 2.34. The fraction of sp³-hybridized carbons (Fsp3) is 0.333. The van der Waals surface area contributed by atoms with Crippen molar-refractivity contribution in [3.05, 3.63) is 46.8 Å². The molecule has 1 heterocycles. The van der Waals surface area contributed by atoms with Gasteiger partial charge in [-0.3, -0.25) is 4.68 Å². The van der Waals surface area contributed by atoms with E-state index in [2.05, 4.69) is 15.7 Å². The molecule has 0 saturated carbocycles. The lowest BCUT2D eigenvalue weighted by Crippen LogP contribution is -2.29. The predicted octanol–water partition coefficient (Wildman–Crippen LogP) is 3.38. The molecule has 0 bridgehead atoms. The number of aromatic nitrogens is 2. The summed E-state index contributed by atoms with van der Waals surface area (Å²) in [6.45, 7) is 4.09. The Morgan fingerprint density at radius 2 is 2.00 bits per heavy atom. The summed E-state index contributed by atoms with van der Waals surface area (Å²) >= 11 is 0. The third kappa shape index (κ3) is 4.02. The first-order valence-corrected chi connectivity index (χ1v) is 6.88. The van der Waals surface area contributed by atoms with Gasteiger partial charge in [0.05, 0.1) is 11.9 Å². The van der Waals surface area contributed by atoms with Crippen molar-refractivity contribution in [1.82, 2.24) is 15.1 Å². The number of alkyl halides is 3. The van der Waals surface area contributed by atoms with E-state index in [1.54, 1.807) is 0 Å². The zero-order valence-electron chi connectivity index (χ0n) is 13.0. The van der Waals surface area contributed by atoms with Crippen molar-refractivity contribution >= 4 is 11.7 Å². The van der Waals surface area contributed by atoms with Crippen LogP contribution in [0.15, 0.2) is 24.4 Å². The van der Waals surface area contributed by atoms with Crippen molar-refractivity contribution in [2.75, 3.05) is 5.32 Å². The van der Waals surface area contributed by atoms with Gasteiger partial charge in [-0.2, -0.15) is 18.3 Å². The van der Waals surface area contributed by atoms with Gasteiger partial charge in [0.2, 0.25) is 0 Å². The molecular weight excluding hydrogens is 309 g/mol. The van der Waals surface area contributed by atoms with Crippen molar-refractivity contribution in [1.29, 1.82) is 0 Å². The summed E-state index contributed by atoms with van der Waals surface area (Å²) in [5.74, 6) is 0. The van der Waals surface area contributed by atoms with Crippen molar-refractivity contribution in [3.8, 4) is 0 Å². The largest absolute Gasteiger partial charge is 0.435 e. The van der Waals surface area contributed by atoms with Gasteiger partial charge in [-0.25, -0.2) is 4.79 Å². The Morgan fingerprint density at radius 3 is 2.61 bits per heavy atom. The number of hydrogen-bond acceptors (Lipinski definition) is 2. The molecule has 2 N–H and O–H groups in total. The summed E-state index contributed by atoms with van der Waals surface area (Å²) < 4.78 is 39.4. The molecular formula is C15H17F3N4O. The predicted molar refractivity (Wildman–Crippen MR) is 80.0 cm³/mol. The van der Waals surface area contributed by atoms with Gasteiger partial charge in [0.1, 0.15) is 0 Å². The maximum absolute atomic E-state index is 12.9. The lowest BCUT2D eigenvalue weighted by Gasteiger charge is -2.12. The van der Waals surface area contributed by atoms with E-state index in [0.29, 0.717) is 4.68 Å². The van der Waals surface area contributed by atoms with Crippen LogP contribution >= 0.6 is 0 Å². The van der Waals surface area contributed by atoms with Crippen LogP contribution in [0.1, 0.15) is 22.4 Å². The Balaban J connectivity index is 2.03.